The number of amides is 2. The van der Waals surface area contributed by atoms with E-state index in [1.165, 1.54) is 24.3 Å². The van der Waals surface area contributed by atoms with Gasteiger partial charge in [0.15, 0.2) is 5.11 Å². The highest BCUT2D eigenvalue weighted by Gasteiger charge is 2.11. The third-order valence-electron chi connectivity index (χ3n) is 3.36. The lowest BCUT2D eigenvalue weighted by Crippen LogP contribution is -2.34. The highest BCUT2D eigenvalue weighted by atomic mass is 32.1. The lowest BCUT2D eigenvalue weighted by Gasteiger charge is -2.12. The Bertz CT molecular complexity index is 879. The van der Waals surface area contributed by atoms with Gasteiger partial charge in [0.2, 0.25) is 5.91 Å². The number of hydrogen-bond donors (Lipinski definition) is 3. The van der Waals surface area contributed by atoms with Gasteiger partial charge in [-0.05, 0) is 48.1 Å². The number of benzene rings is 2. The van der Waals surface area contributed by atoms with Gasteiger partial charge in [0.05, 0.1) is 11.3 Å². The molecule has 138 valence electrons. The molecular formula is C20H18FN3O2S. The Kier molecular flexibility index (Phi) is 7.39. The van der Waals surface area contributed by atoms with Crippen LogP contribution in [0.2, 0.25) is 0 Å². The van der Waals surface area contributed by atoms with E-state index in [-0.39, 0.29) is 16.8 Å². The van der Waals surface area contributed by atoms with Crippen LogP contribution < -0.4 is 16.0 Å². The van der Waals surface area contributed by atoms with E-state index in [1.54, 1.807) is 42.5 Å². The topological polar surface area (TPSA) is 70.2 Å². The van der Waals surface area contributed by atoms with Crippen molar-refractivity contribution in [2.45, 2.75) is 0 Å². The third-order valence-corrected chi connectivity index (χ3v) is 3.56. The van der Waals surface area contributed by atoms with E-state index in [9.17, 15) is 14.0 Å². The van der Waals surface area contributed by atoms with Crippen molar-refractivity contribution in [3.63, 3.8) is 0 Å². The number of rotatable bonds is 6. The van der Waals surface area contributed by atoms with Gasteiger partial charge < -0.3 is 10.6 Å². The van der Waals surface area contributed by atoms with Crippen LogP contribution >= 0.6 is 12.2 Å². The molecule has 0 heterocycles. The van der Waals surface area contributed by atoms with Crippen molar-refractivity contribution < 1.29 is 14.0 Å². The van der Waals surface area contributed by atoms with Crippen LogP contribution in [0.15, 0.2) is 67.3 Å². The Balaban J connectivity index is 1.97. The minimum absolute atomic E-state index is 0.0488. The maximum atomic E-state index is 12.9. The van der Waals surface area contributed by atoms with Gasteiger partial charge in [-0.3, -0.25) is 14.9 Å². The van der Waals surface area contributed by atoms with Crippen LogP contribution in [0.4, 0.5) is 10.1 Å². The Hall–Kier alpha value is -3.32. The fourth-order valence-corrected chi connectivity index (χ4v) is 2.31. The van der Waals surface area contributed by atoms with Gasteiger partial charge in [0.25, 0.3) is 5.91 Å². The van der Waals surface area contributed by atoms with Gasteiger partial charge in [-0.1, -0.05) is 30.3 Å². The average Bonchev–Trinajstić information content (AvgIpc) is 2.66. The molecule has 0 fully saturated rings. The van der Waals surface area contributed by atoms with Crippen molar-refractivity contribution in [1.82, 2.24) is 10.6 Å². The molecule has 27 heavy (non-hydrogen) atoms. The van der Waals surface area contributed by atoms with E-state index < -0.39 is 5.91 Å². The van der Waals surface area contributed by atoms with Gasteiger partial charge in [-0.15, -0.1) is 6.58 Å². The van der Waals surface area contributed by atoms with E-state index in [1.807, 2.05) is 0 Å². The Morgan fingerprint density at radius 1 is 1.11 bits per heavy atom. The van der Waals surface area contributed by atoms with Gasteiger partial charge in [-0.2, -0.15) is 0 Å². The van der Waals surface area contributed by atoms with Crippen LogP contribution in [-0.4, -0.2) is 23.5 Å². The van der Waals surface area contributed by atoms with Crippen molar-refractivity contribution in [1.29, 1.82) is 0 Å². The first-order valence-electron chi connectivity index (χ1n) is 8.03. The molecule has 2 aromatic rings. The summed E-state index contributed by atoms with van der Waals surface area (Å²) in [4.78, 5) is 24.1. The molecule has 0 saturated heterocycles. The van der Waals surface area contributed by atoms with Gasteiger partial charge in [-0.25, -0.2) is 4.39 Å². The summed E-state index contributed by atoms with van der Waals surface area (Å²) >= 11 is 5.12. The zero-order chi connectivity index (χ0) is 19.6. The van der Waals surface area contributed by atoms with Crippen molar-refractivity contribution >= 4 is 40.9 Å². The Morgan fingerprint density at radius 3 is 2.52 bits per heavy atom. The number of nitrogens with one attached hydrogen (secondary N) is 3. The summed E-state index contributed by atoms with van der Waals surface area (Å²) in [5.74, 6) is -1.09. The number of halogens is 1. The molecule has 0 unspecified atom stereocenters. The number of carbonyl (C=O) groups excluding carboxylic acids is 2. The average molecular weight is 383 g/mol. The minimum Gasteiger partial charge on any atom is -0.349 e. The number of para-hydroxylation sites is 1. The number of carbonyl (C=O) groups is 2. The summed E-state index contributed by atoms with van der Waals surface area (Å²) in [6, 6.07) is 12.5. The van der Waals surface area contributed by atoms with Crippen molar-refractivity contribution in [2.24, 2.45) is 0 Å². The standard InChI is InChI=1S/C20H18FN3O2S/c1-2-13-22-19(26)16-5-3-4-6-17(16)23-20(27)24-18(25)12-9-14-7-10-15(21)11-8-14/h2-12H,1,13H2,(H,22,26)(H2,23,24,25,27)/b12-9+. The quantitative estimate of drug-likeness (QED) is 0.407. The summed E-state index contributed by atoms with van der Waals surface area (Å²) < 4.78 is 12.9. The summed E-state index contributed by atoms with van der Waals surface area (Å²) in [5.41, 5.74) is 1.53. The molecule has 0 aliphatic carbocycles. The molecule has 2 aromatic carbocycles. The molecule has 5 nitrogen and oxygen atoms in total. The van der Waals surface area contributed by atoms with Crippen LogP contribution in [0.1, 0.15) is 15.9 Å². The van der Waals surface area contributed by atoms with Crippen LogP contribution in [0.5, 0.6) is 0 Å². The molecule has 0 radical (unpaired) electrons. The monoisotopic (exact) mass is 383 g/mol. The van der Waals surface area contributed by atoms with E-state index in [4.69, 9.17) is 12.2 Å². The molecule has 0 aliphatic heterocycles. The molecule has 7 heteroatoms. The smallest absolute Gasteiger partial charge is 0.253 e. The highest BCUT2D eigenvalue weighted by Crippen LogP contribution is 2.14. The lowest BCUT2D eigenvalue weighted by atomic mass is 10.1. The van der Waals surface area contributed by atoms with Crippen LogP contribution in [-0.2, 0) is 4.79 Å². The van der Waals surface area contributed by atoms with Crippen molar-refractivity contribution in [3.05, 3.63) is 84.2 Å². The van der Waals surface area contributed by atoms with Gasteiger partial charge in [0.1, 0.15) is 5.82 Å². The van der Waals surface area contributed by atoms with Gasteiger partial charge >= 0.3 is 0 Å². The van der Waals surface area contributed by atoms with E-state index in [0.29, 0.717) is 23.4 Å². The Labute approximate surface area is 162 Å². The Morgan fingerprint density at radius 2 is 1.81 bits per heavy atom. The summed E-state index contributed by atoms with van der Waals surface area (Å²) in [5, 5.41) is 8.05. The van der Waals surface area contributed by atoms with E-state index in [2.05, 4.69) is 22.5 Å². The predicted octanol–water partition coefficient (Wildman–Crippen LogP) is 3.27. The third kappa shape index (κ3) is 6.48. The summed E-state index contributed by atoms with van der Waals surface area (Å²) in [6.45, 7) is 3.89. The molecule has 0 spiro atoms. The minimum atomic E-state index is -0.453. The molecule has 0 bridgehead atoms. The van der Waals surface area contributed by atoms with E-state index in [0.717, 1.165) is 0 Å². The second kappa shape index (κ2) is 9.98. The maximum absolute atomic E-state index is 12.9. The molecule has 0 aliphatic rings. The van der Waals surface area contributed by atoms with E-state index >= 15 is 0 Å². The molecule has 0 aromatic heterocycles. The molecule has 2 rings (SSSR count). The summed E-state index contributed by atoms with van der Waals surface area (Å²) in [7, 11) is 0. The predicted molar refractivity (Wildman–Crippen MR) is 109 cm³/mol. The number of thiocarbonyl (C=S) groups is 1. The molecule has 0 saturated carbocycles. The number of hydrogen-bond acceptors (Lipinski definition) is 3. The van der Waals surface area contributed by atoms with Crippen molar-refractivity contribution in [2.75, 3.05) is 11.9 Å². The highest BCUT2D eigenvalue weighted by molar-refractivity contribution is 7.80. The largest absolute Gasteiger partial charge is 0.349 e. The molecular weight excluding hydrogens is 365 g/mol. The molecule has 3 N–H and O–H groups in total. The summed E-state index contributed by atoms with van der Waals surface area (Å²) in [6.07, 6.45) is 4.39. The zero-order valence-electron chi connectivity index (χ0n) is 14.4. The first-order valence-corrected chi connectivity index (χ1v) is 8.44. The van der Waals surface area contributed by atoms with Crippen LogP contribution in [0.3, 0.4) is 0 Å². The van der Waals surface area contributed by atoms with Crippen molar-refractivity contribution in [3.8, 4) is 0 Å². The normalized spacial score (nSPS) is 10.3. The second-order valence-electron chi connectivity index (χ2n) is 5.37. The van der Waals surface area contributed by atoms with Crippen LogP contribution in [0.25, 0.3) is 6.08 Å². The zero-order valence-corrected chi connectivity index (χ0v) is 15.2. The first kappa shape index (κ1) is 20.0. The van der Waals surface area contributed by atoms with Crippen LogP contribution in [0, 0.1) is 5.82 Å². The number of anilines is 1. The fraction of sp³-hybridized carbons (Fsp3) is 0.0500. The maximum Gasteiger partial charge on any atom is 0.253 e. The molecule has 0 atom stereocenters. The lowest BCUT2D eigenvalue weighted by molar-refractivity contribution is -0.115. The fourth-order valence-electron chi connectivity index (χ4n) is 2.10. The first-order chi connectivity index (χ1) is 13.0. The molecule has 2 amide bonds. The SMILES string of the molecule is C=CCNC(=O)c1ccccc1NC(=S)NC(=O)/C=C/c1ccc(F)cc1. The second-order valence-corrected chi connectivity index (χ2v) is 5.78. The van der Waals surface area contributed by atoms with Gasteiger partial charge in [0, 0.05) is 12.6 Å².